The Morgan fingerprint density at radius 3 is 1.49 bits per heavy atom. The summed E-state index contributed by atoms with van der Waals surface area (Å²) in [4.78, 5) is 12.7. The summed E-state index contributed by atoms with van der Waals surface area (Å²) in [6.45, 7) is 18.4. The van der Waals surface area contributed by atoms with E-state index in [2.05, 4.69) is 122 Å². The summed E-state index contributed by atoms with van der Waals surface area (Å²) >= 11 is 0. The number of hydrogen-bond donors (Lipinski definition) is 0. The van der Waals surface area contributed by atoms with Crippen LogP contribution in [0.15, 0.2) is 91.1 Å². The molecule has 0 aliphatic carbocycles. The van der Waals surface area contributed by atoms with Crippen LogP contribution in [-0.4, -0.2) is 20.9 Å². The van der Waals surface area contributed by atoms with Crippen LogP contribution < -0.4 is 13.9 Å². The number of hydrogen-bond acceptors (Lipinski definition) is 4. The molecule has 0 saturated carbocycles. The highest BCUT2D eigenvalue weighted by Gasteiger charge is 2.47. The highest BCUT2D eigenvalue weighted by atomic mass is 28.4. The average molecular weight is 635 g/mol. The highest BCUT2D eigenvalue weighted by Crippen LogP contribution is 2.44. The molecule has 1 rings (SSSR count). The van der Waals surface area contributed by atoms with E-state index < -0.39 is 8.32 Å². The monoisotopic (exact) mass is 634 g/mol. The first-order chi connectivity index (χ1) is 21.7. The lowest BCUT2D eigenvalue weighted by molar-refractivity contribution is -0.134. The van der Waals surface area contributed by atoms with Gasteiger partial charge in [-0.25, -0.2) is 0 Å². The van der Waals surface area contributed by atoms with E-state index in [0.717, 1.165) is 50.7 Å². The lowest BCUT2D eigenvalue weighted by Crippen LogP contribution is -2.50. The van der Waals surface area contributed by atoms with Gasteiger partial charge in [0.1, 0.15) is 17.2 Å². The first-order valence-electron chi connectivity index (χ1n) is 17.2. The smallest absolute Gasteiger partial charge is 0.311 e. The van der Waals surface area contributed by atoms with Crippen molar-refractivity contribution in [1.29, 1.82) is 0 Å². The fourth-order valence-electron chi connectivity index (χ4n) is 5.55. The van der Waals surface area contributed by atoms with Gasteiger partial charge in [0.15, 0.2) is 0 Å². The van der Waals surface area contributed by atoms with E-state index in [1.54, 1.807) is 6.07 Å². The molecule has 4 nitrogen and oxygen atoms in total. The predicted octanol–water partition coefficient (Wildman–Crippen LogP) is 12.4. The molecule has 0 radical (unpaired) electrons. The van der Waals surface area contributed by atoms with Crippen molar-refractivity contribution in [2.24, 2.45) is 0 Å². The second-order valence-corrected chi connectivity index (χ2v) is 17.7. The van der Waals surface area contributed by atoms with Gasteiger partial charge < -0.3 is 13.9 Å². The Kier molecular flexibility index (Phi) is 21.5. The molecule has 0 atom stereocenters. The minimum absolute atomic E-state index is 0.256. The lowest BCUT2D eigenvalue weighted by Gasteiger charge is -2.42. The van der Waals surface area contributed by atoms with Crippen molar-refractivity contribution < 1.29 is 18.7 Å². The summed E-state index contributed by atoms with van der Waals surface area (Å²) in [6, 6.07) is 5.59. The normalized spacial score (nSPS) is 13.0. The second kappa shape index (κ2) is 24.2. The van der Waals surface area contributed by atoms with E-state index in [1.807, 2.05) is 18.2 Å². The molecule has 1 aromatic carbocycles. The molecule has 5 heteroatoms. The van der Waals surface area contributed by atoms with Crippen LogP contribution in [0.4, 0.5) is 0 Å². The summed E-state index contributed by atoms with van der Waals surface area (Å²) in [6.07, 6.45) is 33.9. The molecule has 0 heterocycles. The molecule has 0 N–H and O–H groups in total. The van der Waals surface area contributed by atoms with Gasteiger partial charge in [-0.05, 0) is 68.0 Å². The fourth-order valence-corrected chi connectivity index (χ4v) is 10.8. The van der Waals surface area contributed by atoms with Crippen LogP contribution in [0.25, 0.3) is 0 Å². The number of carbonyl (C=O) groups excluding carboxylic acids is 1. The zero-order valence-electron chi connectivity index (χ0n) is 29.6. The van der Waals surface area contributed by atoms with Crippen LogP contribution in [0.2, 0.25) is 16.6 Å². The minimum atomic E-state index is -2.17. The van der Waals surface area contributed by atoms with Crippen molar-refractivity contribution in [3.63, 3.8) is 0 Å². The standard InChI is InChI=1S/C40H62O4Si/c1-9-11-12-13-14-15-16-17-18-19-20-21-22-23-24-25-26-27-28-29-40(41)43-38-31-37(42-30-10-2)32-39(33-38)44-45(34(3)4,35(5)6)36(7)8/h11-12,14-15,17-18,20-21,23-24,26-27,31-36H,9-10,13,16,19,22,25,28-30H2,1-8H3. The van der Waals surface area contributed by atoms with E-state index in [4.69, 9.17) is 13.9 Å². The number of ether oxygens (including phenoxy) is 2. The van der Waals surface area contributed by atoms with Crippen molar-refractivity contribution in [2.45, 2.75) is 130 Å². The van der Waals surface area contributed by atoms with Gasteiger partial charge in [0, 0.05) is 24.6 Å². The van der Waals surface area contributed by atoms with Gasteiger partial charge in [-0.15, -0.1) is 0 Å². The summed E-state index contributed by atoms with van der Waals surface area (Å²) in [7, 11) is -2.17. The van der Waals surface area contributed by atoms with Gasteiger partial charge in [-0.3, -0.25) is 4.79 Å². The van der Waals surface area contributed by atoms with Crippen LogP contribution >= 0.6 is 0 Å². The van der Waals surface area contributed by atoms with Gasteiger partial charge in [0.2, 0.25) is 0 Å². The largest absolute Gasteiger partial charge is 0.543 e. The second-order valence-electron chi connectivity index (χ2n) is 12.3. The Morgan fingerprint density at radius 1 is 0.622 bits per heavy atom. The van der Waals surface area contributed by atoms with Gasteiger partial charge in [0.25, 0.3) is 8.32 Å². The van der Waals surface area contributed by atoms with E-state index in [-0.39, 0.29) is 5.97 Å². The number of rotatable bonds is 23. The maximum Gasteiger partial charge on any atom is 0.311 e. The summed E-state index contributed by atoms with van der Waals surface area (Å²) in [5, 5.41) is 0. The van der Waals surface area contributed by atoms with Crippen LogP contribution in [0, 0.1) is 0 Å². The molecule has 0 bridgehead atoms. The number of carbonyl (C=O) groups is 1. The van der Waals surface area contributed by atoms with Crippen molar-refractivity contribution in [3.05, 3.63) is 91.1 Å². The molecule has 45 heavy (non-hydrogen) atoms. The SMILES string of the molecule is CCC=CCC=CCC=CCC=CCC=CCC=CCCC(=O)Oc1cc(OCCC)cc(O[Si](C(C)C)(C(C)C)C(C)C)c1. The molecule has 0 saturated heterocycles. The maximum absolute atomic E-state index is 12.7. The third kappa shape index (κ3) is 16.7. The van der Waals surface area contributed by atoms with Crippen molar-refractivity contribution in [1.82, 2.24) is 0 Å². The van der Waals surface area contributed by atoms with E-state index in [9.17, 15) is 4.79 Å². The maximum atomic E-state index is 12.7. The molecule has 0 spiro atoms. The van der Waals surface area contributed by atoms with E-state index in [1.165, 1.54) is 0 Å². The van der Waals surface area contributed by atoms with Gasteiger partial charge >= 0.3 is 5.97 Å². The Balaban J connectivity index is 2.53. The topological polar surface area (TPSA) is 44.8 Å². The molecule has 0 unspecified atom stereocenters. The number of allylic oxidation sites excluding steroid dienone is 12. The fraction of sp³-hybridized carbons (Fsp3) is 0.525. The molecular weight excluding hydrogens is 573 g/mol. The Hall–Kier alpha value is -3.05. The molecular formula is C40H62O4Si. The molecule has 0 aliphatic heterocycles. The predicted molar refractivity (Wildman–Crippen MR) is 197 cm³/mol. The minimum Gasteiger partial charge on any atom is -0.543 e. The quantitative estimate of drug-likeness (QED) is 0.0520. The summed E-state index contributed by atoms with van der Waals surface area (Å²) < 4.78 is 18.6. The number of esters is 1. The molecule has 0 amide bonds. The summed E-state index contributed by atoms with van der Waals surface area (Å²) in [5.74, 6) is 1.62. The molecule has 0 aromatic heterocycles. The Labute approximate surface area is 277 Å². The van der Waals surface area contributed by atoms with Gasteiger partial charge in [0.05, 0.1) is 6.61 Å². The van der Waals surface area contributed by atoms with Crippen LogP contribution in [0.3, 0.4) is 0 Å². The molecule has 1 aromatic rings. The molecule has 0 aliphatic rings. The Morgan fingerprint density at radius 2 is 1.04 bits per heavy atom. The molecule has 250 valence electrons. The van der Waals surface area contributed by atoms with Crippen LogP contribution in [-0.2, 0) is 4.79 Å². The summed E-state index contributed by atoms with van der Waals surface area (Å²) in [5.41, 5.74) is 1.31. The third-order valence-electron chi connectivity index (χ3n) is 7.67. The average Bonchev–Trinajstić information content (AvgIpc) is 2.99. The van der Waals surface area contributed by atoms with Crippen molar-refractivity contribution in [3.8, 4) is 17.2 Å². The number of benzene rings is 1. The Bertz CT molecular complexity index is 1100. The van der Waals surface area contributed by atoms with Gasteiger partial charge in [-0.2, -0.15) is 0 Å². The van der Waals surface area contributed by atoms with E-state index in [0.29, 0.717) is 47.6 Å². The van der Waals surface area contributed by atoms with Crippen molar-refractivity contribution >= 4 is 14.3 Å². The van der Waals surface area contributed by atoms with Crippen LogP contribution in [0.1, 0.15) is 113 Å². The first-order valence-corrected chi connectivity index (χ1v) is 19.4. The first kappa shape index (κ1) is 40.0. The highest BCUT2D eigenvalue weighted by molar-refractivity contribution is 6.78. The lowest BCUT2D eigenvalue weighted by atomic mass is 10.2. The third-order valence-corrected chi connectivity index (χ3v) is 13.7. The zero-order valence-corrected chi connectivity index (χ0v) is 30.6. The van der Waals surface area contributed by atoms with E-state index >= 15 is 0 Å². The van der Waals surface area contributed by atoms with Crippen molar-refractivity contribution in [2.75, 3.05) is 6.61 Å². The van der Waals surface area contributed by atoms with Crippen LogP contribution in [0.5, 0.6) is 17.2 Å². The zero-order chi connectivity index (χ0) is 33.3. The van der Waals surface area contributed by atoms with Gasteiger partial charge in [-0.1, -0.05) is 128 Å². The molecule has 0 fully saturated rings.